The van der Waals surface area contributed by atoms with E-state index >= 15 is 0 Å². The van der Waals surface area contributed by atoms with Gasteiger partial charge < -0.3 is 20.5 Å². The highest BCUT2D eigenvalue weighted by molar-refractivity contribution is 5.67. The van der Waals surface area contributed by atoms with Crippen LogP contribution in [0.25, 0.3) is 0 Å². The lowest BCUT2D eigenvalue weighted by atomic mass is 10.1. The minimum absolute atomic E-state index is 0.128. The van der Waals surface area contributed by atoms with E-state index in [2.05, 4.69) is 15.3 Å². The first-order valence-corrected chi connectivity index (χ1v) is 6.43. The molecule has 3 N–H and O–H groups in total. The Morgan fingerprint density at radius 3 is 2.42 bits per heavy atom. The summed E-state index contributed by atoms with van der Waals surface area (Å²) in [6.45, 7) is 9.04. The Kier molecular flexibility index (Phi) is 5.35. The van der Waals surface area contributed by atoms with Crippen LogP contribution in [-0.2, 0) is 11.2 Å². The molecule has 0 aliphatic rings. The predicted molar refractivity (Wildman–Crippen MR) is 76.6 cm³/mol. The first-order valence-electron chi connectivity index (χ1n) is 6.43. The molecule has 0 bridgehead atoms. The summed E-state index contributed by atoms with van der Waals surface area (Å²) in [5.74, 6) is 1.73. The quantitative estimate of drug-likeness (QED) is 0.766. The molecular weight excluding hydrogens is 244 g/mol. The van der Waals surface area contributed by atoms with Crippen molar-refractivity contribution in [1.29, 1.82) is 0 Å². The Bertz CT molecular complexity index is 416. The van der Waals surface area contributed by atoms with Crippen molar-refractivity contribution in [1.82, 2.24) is 9.97 Å². The van der Waals surface area contributed by atoms with Crippen molar-refractivity contribution in [2.75, 3.05) is 31.4 Å². The van der Waals surface area contributed by atoms with Gasteiger partial charge in [-0.25, -0.2) is 4.98 Å². The van der Waals surface area contributed by atoms with E-state index in [1.54, 1.807) is 7.11 Å². The number of rotatable bonds is 6. The second kappa shape index (κ2) is 6.56. The average Bonchev–Trinajstić information content (AvgIpc) is 2.32. The van der Waals surface area contributed by atoms with Crippen molar-refractivity contribution in [2.24, 2.45) is 0 Å². The molecule has 0 amide bonds. The Morgan fingerprint density at radius 1 is 1.21 bits per heavy atom. The number of hydrogen-bond acceptors (Lipinski definition) is 6. The van der Waals surface area contributed by atoms with Crippen molar-refractivity contribution in [3.05, 3.63) is 5.82 Å². The molecule has 0 saturated carbocycles. The largest absolute Gasteiger partial charge is 0.474 e. The molecule has 0 atom stereocenters. The third-order valence-corrected chi connectivity index (χ3v) is 2.29. The summed E-state index contributed by atoms with van der Waals surface area (Å²) in [4.78, 5) is 8.71. The van der Waals surface area contributed by atoms with Crippen LogP contribution >= 0.6 is 0 Å². The van der Waals surface area contributed by atoms with Gasteiger partial charge in [0, 0.05) is 19.1 Å². The van der Waals surface area contributed by atoms with Gasteiger partial charge in [0.15, 0.2) is 5.82 Å². The second-order valence-corrected chi connectivity index (χ2v) is 5.28. The molecule has 1 aromatic heterocycles. The first-order chi connectivity index (χ1) is 8.87. The Balaban J connectivity index is 2.99. The van der Waals surface area contributed by atoms with Gasteiger partial charge in [0.25, 0.3) is 0 Å². The molecule has 6 nitrogen and oxygen atoms in total. The van der Waals surface area contributed by atoms with E-state index in [0.29, 0.717) is 36.4 Å². The van der Waals surface area contributed by atoms with Crippen LogP contribution in [0.15, 0.2) is 0 Å². The van der Waals surface area contributed by atoms with Gasteiger partial charge in [0.2, 0.25) is 5.88 Å². The van der Waals surface area contributed by atoms with Crippen molar-refractivity contribution < 1.29 is 9.47 Å². The van der Waals surface area contributed by atoms with Crippen LogP contribution in [0.3, 0.4) is 0 Å². The Hall–Kier alpha value is -1.56. The Labute approximate surface area is 114 Å². The lowest BCUT2D eigenvalue weighted by Crippen LogP contribution is -2.28. The summed E-state index contributed by atoms with van der Waals surface area (Å²) >= 11 is 0. The molecular formula is C13H24N4O2. The van der Waals surface area contributed by atoms with Crippen LogP contribution < -0.4 is 15.8 Å². The van der Waals surface area contributed by atoms with Gasteiger partial charge in [-0.2, -0.15) is 4.98 Å². The third-order valence-electron chi connectivity index (χ3n) is 2.29. The van der Waals surface area contributed by atoms with E-state index in [1.807, 2.05) is 27.7 Å². The number of methoxy groups -OCH3 is 1. The fraction of sp³-hybridized carbons (Fsp3) is 0.692. The zero-order chi connectivity index (χ0) is 14.5. The van der Waals surface area contributed by atoms with Gasteiger partial charge in [-0.05, 0) is 20.8 Å². The van der Waals surface area contributed by atoms with Crippen molar-refractivity contribution in [2.45, 2.75) is 39.7 Å². The minimum Gasteiger partial charge on any atom is -0.474 e. The molecule has 1 aromatic rings. The zero-order valence-electron chi connectivity index (χ0n) is 12.4. The monoisotopic (exact) mass is 268 g/mol. The number of aromatic nitrogens is 2. The van der Waals surface area contributed by atoms with E-state index in [9.17, 15) is 0 Å². The number of nitrogens with zero attached hydrogens (tertiary/aromatic N) is 2. The number of nitrogens with one attached hydrogen (secondary N) is 1. The molecule has 6 heteroatoms. The highest BCUT2D eigenvalue weighted by Crippen LogP contribution is 2.28. The fourth-order valence-electron chi connectivity index (χ4n) is 1.43. The first kappa shape index (κ1) is 15.5. The van der Waals surface area contributed by atoms with Crippen LogP contribution in [0, 0.1) is 0 Å². The predicted octanol–water partition coefficient (Wildman–Crippen LogP) is 1.86. The fourth-order valence-corrected chi connectivity index (χ4v) is 1.43. The van der Waals surface area contributed by atoms with Gasteiger partial charge in [-0.15, -0.1) is 0 Å². The minimum atomic E-state index is -0.128. The summed E-state index contributed by atoms with van der Waals surface area (Å²) in [5, 5.41) is 3.27. The maximum absolute atomic E-state index is 6.04. The molecule has 19 heavy (non-hydrogen) atoms. The molecule has 0 aliphatic carbocycles. The molecule has 0 unspecified atom stereocenters. The van der Waals surface area contributed by atoms with E-state index in [-0.39, 0.29) is 5.54 Å². The van der Waals surface area contributed by atoms with Gasteiger partial charge in [0.05, 0.1) is 6.61 Å². The van der Waals surface area contributed by atoms with Crippen LogP contribution in [0.4, 0.5) is 11.5 Å². The van der Waals surface area contributed by atoms with Crippen LogP contribution in [0.5, 0.6) is 5.88 Å². The number of anilines is 2. The third kappa shape index (κ3) is 4.90. The van der Waals surface area contributed by atoms with E-state index in [0.717, 1.165) is 6.42 Å². The average molecular weight is 268 g/mol. The molecule has 0 radical (unpaired) electrons. The molecule has 108 valence electrons. The lowest BCUT2D eigenvalue weighted by Gasteiger charge is -2.23. The van der Waals surface area contributed by atoms with Crippen LogP contribution in [0.2, 0.25) is 0 Å². The standard InChI is InChI=1S/C13H24N4O2/c1-6-9-15-11(17-13(2,3)4)10(14)12(16-9)19-8-7-18-5/h6-8,14H2,1-5H3,(H,15,16,17). The van der Waals surface area contributed by atoms with E-state index < -0.39 is 0 Å². The van der Waals surface area contributed by atoms with Gasteiger partial charge in [-0.1, -0.05) is 6.92 Å². The van der Waals surface area contributed by atoms with Gasteiger partial charge in [-0.3, -0.25) is 0 Å². The van der Waals surface area contributed by atoms with E-state index in [4.69, 9.17) is 15.2 Å². The molecule has 1 heterocycles. The summed E-state index contributed by atoms with van der Waals surface area (Å²) < 4.78 is 10.5. The number of hydrogen-bond donors (Lipinski definition) is 2. The molecule has 0 saturated heterocycles. The van der Waals surface area contributed by atoms with Gasteiger partial charge in [0.1, 0.15) is 18.1 Å². The van der Waals surface area contributed by atoms with Crippen molar-refractivity contribution in [3.8, 4) is 5.88 Å². The summed E-state index contributed by atoms with van der Waals surface area (Å²) in [5.41, 5.74) is 6.35. The normalized spacial score (nSPS) is 11.4. The second-order valence-electron chi connectivity index (χ2n) is 5.28. The van der Waals surface area contributed by atoms with E-state index in [1.165, 1.54) is 0 Å². The molecule has 0 spiro atoms. The Morgan fingerprint density at radius 2 is 1.89 bits per heavy atom. The smallest absolute Gasteiger partial charge is 0.242 e. The van der Waals surface area contributed by atoms with Crippen molar-refractivity contribution >= 4 is 11.5 Å². The zero-order valence-corrected chi connectivity index (χ0v) is 12.4. The van der Waals surface area contributed by atoms with Crippen LogP contribution in [0.1, 0.15) is 33.5 Å². The summed E-state index contributed by atoms with van der Waals surface area (Å²) in [6.07, 6.45) is 0.722. The number of nitrogens with two attached hydrogens (primary N) is 1. The lowest BCUT2D eigenvalue weighted by molar-refractivity contribution is 0.144. The van der Waals surface area contributed by atoms with Crippen LogP contribution in [-0.4, -0.2) is 35.8 Å². The number of nitrogen functional groups attached to an aromatic ring is 1. The number of ether oxygens (including phenoxy) is 2. The molecule has 0 aromatic carbocycles. The maximum Gasteiger partial charge on any atom is 0.242 e. The highest BCUT2D eigenvalue weighted by atomic mass is 16.5. The van der Waals surface area contributed by atoms with Crippen molar-refractivity contribution in [3.63, 3.8) is 0 Å². The number of aryl methyl sites for hydroxylation is 1. The maximum atomic E-state index is 6.04. The summed E-state index contributed by atoms with van der Waals surface area (Å²) in [7, 11) is 1.62. The van der Waals surface area contributed by atoms with Gasteiger partial charge >= 0.3 is 0 Å². The highest BCUT2D eigenvalue weighted by Gasteiger charge is 2.17. The molecule has 0 fully saturated rings. The topological polar surface area (TPSA) is 82.3 Å². The SMILES string of the molecule is CCc1nc(NC(C)(C)C)c(N)c(OCCOC)n1. The molecule has 0 aliphatic heterocycles. The molecule has 1 rings (SSSR count). The summed E-state index contributed by atoms with van der Waals surface area (Å²) in [6, 6.07) is 0.